The zero-order chi connectivity index (χ0) is 13.8. The standard InChI is InChI=1S/C16H26BrNS/c1-4-7-18-16(15-9-14(17)10-19-15)13-6-5-11(2)12(3)8-13/h9-13,16,18H,4-8H2,1-3H3. The molecule has 0 aliphatic heterocycles. The smallest absolute Gasteiger partial charge is 0.0443 e. The highest BCUT2D eigenvalue weighted by molar-refractivity contribution is 9.10. The van der Waals surface area contributed by atoms with Crippen LogP contribution in [0.1, 0.15) is 57.4 Å². The minimum atomic E-state index is 0.561. The lowest BCUT2D eigenvalue weighted by Gasteiger charge is -2.37. The lowest BCUT2D eigenvalue weighted by molar-refractivity contribution is 0.172. The summed E-state index contributed by atoms with van der Waals surface area (Å²) in [6, 6.07) is 2.87. The highest BCUT2D eigenvalue weighted by atomic mass is 79.9. The van der Waals surface area contributed by atoms with E-state index in [9.17, 15) is 0 Å². The molecule has 1 aromatic heterocycles. The van der Waals surface area contributed by atoms with Gasteiger partial charge in [-0.2, -0.15) is 0 Å². The van der Waals surface area contributed by atoms with Crippen molar-refractivity contribution in [2.24, 2.45) is 17.8 Å². The van der Waals surface area contributed by atoms with Gasteiger partial charge in [0.05, 0.1) is 0 Å². The summed E-state index contributed by atoms with van der Waals surface area (Å²) in [6.45, 7) is 8.22. The number of hydrogen-bond acceptors (Lipinski definition) is 2. The Morgan fingerprint density at radius 2 is 2.16 bits per heavy atom. The first-order valence-corrected chi connectivity index (χ1v) is 9.26. The van der Waals surface area contributed by atoms with Crippen LogP contribution in [0.4, 0.5) is 0 Å². The van der Waals surface area contributed by atoms with Gasteiger partial charge in [-0.15, -0.1) is 11.3 Å². The quantitative estimate of drug-likeness (QED) is 0.731. The molecule has 1 fully saturated rings. The molecule has 0 bridgehead atoms. The monoisotopic (exact) mass is 343 g/mol. The van der Waals surface area contributed by atoms with Crippen LogP contribution in [-0.4, -0.2) is 6.54 Å². The van der Waals surface area contributed by atoms with Crippen LogP contribution in [0.25, 0.3) is 0 Å². The Balaban J connectivity index is 2.09. The average molecular weight is 344 g/mol. The van der Waals surface area contributed by atoms with Crippen molar-refractivity contribution in [3.63, 3.8) is 0 Å². The molecule has 1 aliphatic carbocycles. The molecular weight excluding hydrogens is 318 g/mol. The first kappa shape index (κ1) is 15.5. The Bertz CT molecular complexity index is 390. The predicted molar refractivity (Wildman–Crippen MR) is 88.7 cm³/mol. The minimum absolute atomic E-state index is 0.561. The first-order valence-electron chi connectivity index (χ1n) is 7.59. The van der Waals surface area contributed by atoms with E-state index in [0.717, 1.165) is 24.3 Å². The topological polar surface area (TPSA) is 12.0 Å². The van der Waals surface area contributed by atoms with Crippen molar-refractivity contribution in [2.75, 3.05) is 6.54 Å². The lowest BCUT2D eigenvalue weighted by atomic mass is 9.73. The lowest BCUT2D eigenvalue weighted by Crippen LogP contribution is -2.33. The molecule has 1 nitrogen and oxygen atoms in total. The van der Waals surface area contributed by atoms with Gasteiger partial charge >= 0.3 is 0 Å². The van der Waals surface area contributed by atoms with Crippen LogP contribution in [0.2, 0.25) is 0 Å². The van der Waals surface area contributed by atoms with Crippen LogP contribution in [0.15, 0.2) is 15.9 Å². The van der Waals surface area contributed by atoms with Crippen LogP contribution in [0, 0.1) is 17.8 Å². The van der Waals surface area contributed by atoms with Crippen molar-refractivity contribution in [3.8, 4) is 0 Å². The molecule has 4 unspecified atom stereocenters. The Kier molecular flexibility index (Phi) is 5.91. The van der Waals surface area contributed by atoms with E-state index in [4.69, 9.17) is 0 Å². The van der Waals surface area contributed by atoms with E-state index in [1.165, 1.54) is 35.0 Å². The predicted octanol–water partition coefficient (Wildman–Crippen LogP) is 5.62. The Morgan fingerprint density at radius 3 is 2.74 bits per heavy atom. The average Bonchev–Trinajstić information content (AvgIpc) is 2.80. The Morgan fingerprint density at radius 1 is 1.37 bits per heavy atom. The molecule has 1 saturated carbocycles. The molecule has 19 heavy (non-hydrogen) atoms. The van der Waals surface area contributed by atoms with Gasteiger partial charge in [0.25, 0.3) is 0 Å². The van der Waals surface area contributed by atoms with Crippen LogP contribution in [-0.2, 0) is 0 Å². The fraction of sp³-hybridized carbons (Fsp3) is 0.750. The van der Waals surface area contributed by atoms with Crippen LogP contribution < -0.4 is 5.32 Å². The SMILES string of the molecule is CCCNC(c1cc(Br)cs1)C1CCC(C)C(C)C1. The molecule has 0 aromatic carbocycles. The summed E-state index contributed by atoms with van der Waals surface area (Å²) in [6.07, 6.45) is 5.35. The molecule has 0 spiro atoms. The fourth-order valence-corrected chi connectivity index (χ4v) is 4.80. The van der Waals surface area contributed by atoms with Gasteiger partial charge in [-0.1, -0.05) is 27.2 Å². The van der Waals surface area contributed by atoms with E-state index in [2.05, 4.69) is 53.5 Å². The molecule has 0 amide bonds. The molecular formula is C16H26BrNS. The Labute approximate surface area is 130 Å². The summed E-state index contributed by atoms with van der Waals surface area (Å²) < 4.78 is 1.23. The van der Waals surface area contributed by atoms with E-state index < -0.39 is 0 Å². The second-order valence-electron chi connectivity index (χ2n) is 6.13. The molecule has 1 N–H and O–H groups in total. The molecule has 0 saturated heterocycles. The van der Waals surface area contributed by atoms with E-state index in [0.29, 0.717) is 6.04 Å². The summed E-state index contributed by atoms with van der Waals surface area (Å²) >= 11 is 5.49. The second-order valence-corrected chi connectivity index (χ2v) is 7.99. The second kappa shape index (κ2) is 7.24. The van der Waals surface area contributed by atoms with Gasteiger partial charge in [-0.25, -0.2) is 0 Å². The normalized spacial score (nSPS) is 29.4. The van der Waals surface area contributed by atoms with Crippen molar-refractivity contribution in [2.45, 2.75) is 52.5 Å². The van der Waals surface area contributed by atoms with Gasteiger partial charge in [0, 0.05) is 20.8 Å². The zero-order valence-corrected chi connectivity index (χ0v) is 14.7. The molecule has 1 aliphatic rings. The van der Waals surface area contributed by atoms with Gasteiger partial charge in [-0.3, -0.25) is 0 Å². The molecule has 1 aromatic rings. The molecule has 4 atom stereocenters. The van der Waals surface area contributed by atoms with Crippen molar-refractivity contribution in [1.82, 2.24) is 5.32 Å². The minimum Gasteiger partial charge on any atom is -0.309 e. The van der Waals surface area contributed by atoms with Gasteiger partial charge < -0.3 is 5.32 Å². The van der Waals surface area contributed by atoms with Crippen LogP contribution in [0.3, 0.4) is 0 Å². The number of hydrogen-bond donors (Lipinski definition) is 1. The number of rotatable bonds is 5. The van der Waals surface area contributed by atoms with Gasteiger partial charge in [-0.05, 0) is 65.6 Å². The molecule has 2 rings (SSSR count). The maximum Gasteiger partial charge on any atom is 0.0443 e. The van der Waals surface area contributed by atoms with Crippen molar-refractivity contribution in [1.29, 1.82) is 0 Å². The maximum atomic E-state index is 3.79. The van der Waals surface area contributed by atoms with Crippen LogP contribution in [0.5, 0.6) is 0 Å². The number of halogens is 1. The van der Waals surface area contributed by atoms with E-state index in [-0.39, 0.29) is 0 Å². The summed E-state index contributed by atoms with van der Waals surface area (Å²) in [5.41, 5.74) is 0. The molecule has 0 radical (unpaired) electrons. The summed E-state index contributed by atoms with van der Waals surface area (Å²) in [5.74, 6) is 2.58. The third-order valence-corrected chi connectivity index (χ3v) is 6.40. The summed E-state index contributed by atoms with van der Waals surface area (Å²) in [4.78, 5) is 1.51. The third-order valence-electron chi connectivity index (χ3n) is 4.62. The maximum absolute atomic E-state index is 3.79. The van der Waals surface area contributed by atoms with Gasteiger partial charge in [0.1, 0.15) is 0 Å². The van der Waals surface area contributed by atoms with Crippen molar-refractivity contribution in [3.05, 3.63) is 20.8 Å². The number of nitrogens with one attached hydrogen (secondary N) is 1. The van der Waals surface area contributed by atoms with E-state index in [1.807, 2.05) is 11.3 Å². The Hall–Kier alpha value is 0.140. The largest absolute Gasteiger partial charge is 0.309 e. The van der Waals surface area contributed by atoms with Gasteiger partial charge in [0.2, 0.25) is 0 Å². The zero-order valence-electron chi connectivity index (χ0n) is 12.3. The first-order chi connectivity index (χ1) is 9.11. The van der Waals surface area contributed by atoms with E-state index in [1.54, 1.807) is 0 Å². The van der Waals surface area contributed by atoms with Gasteiger partial charge in [0.15, 0.2) is 0 Å². The summed E-state index contributed by atoms with van der Waals surface area (Å²) in [5, 5.41) is 6.01. The van der Waals surface area contributed by atoms with Crippen molar-refractivity contribution < 1.29 is 0 Å². The fourth-order valence-electron chi connectivity index (χ4n) is 3.18. The third kappa shape index (κ3) is 4.05. The molecule has 3 heteroatoms. The highest BCUT2D eigenvalue weighted by Crippen LogP contribution is 2.41. The highest BCUT2D eigenvalue weighted by Gasteiger charge is 2.31. The van der Waals surface area contributed by atoms with Crippen molar-refractivity contribution >= 4 is 27.3 Å². The van der Waals surface area contributed by atoms with Crippen LogP contribution >= 0.6 is 27.3 Å². The molecule has 108 valence electrons. The summed E-state index contributed by atoms with van der Waals surface area (Å²) in [7, 11) is 0. The molecule has 1 heterocycles. The number of thiophene rings is 1. The van der Waals surface area contributed by atoms with E-state index >= 15 is 0 Å².